The van der Waals surface area contributed by atoms with E-state index in [0.29, 0.717) is 0 Å². The van der Waals surface area contributed by atoms with E-state index in [1.807, 2.05) is 0 Å². The Labute approximate surface area is 53.3 Å². The maximum Gasteiger partial charge on any atom is 0.109 e. The molecule has 0 amide bonds. The number of rotatable bonds is 0. The molecule has 2 bridgehead atoms. The van der Waals surface area contributed by atoms with Gasteiger partial charge in [-0.3, -0.25) is 0 Å². The lowest BCUT2D eigenvalue weighted by molar-refractivity contribution is 0.0123. The Bertz CT molecular complexity index is 107. The predicted molar refractivity (Wildman–Crippen MR) is 29.9 cm³/mol. The minimum Gasteiger partial charge on any atom is -0.388 e. The van der Waals surface area contributed by atoms with Gasteiger partial charge in [0.25, 0.3) is 0 Å². The van der Waals surface area contributed by atoms with Crippen molar-refractivity contribution in [3.8, 4) is 0 Å². The normalized spacial score (nSPS) is 56.7. The second-order valence-electron chi connectivity index (χ2n) is 2.77. The Kier molecular flexibility index (Phi) is 1.06. The molecule has 2 heterocycles. The number of aliphatic hydroxyl groups excluding tert-OH is 2. The highest BCUT2D eigenvalue weighted by Gasteiger charge is 2.47. The van der Waals surface area contributed by atoms with Gasteiger partial charge in [-0.05, 0) is 12.8 Å². The molecule has 9 heavy (non-hydrogen) atoms. The van der Waals surface area contributed by atoms with E-state index in [1.165, 1.54) is 0 Å². The summed E-state index contributed by atoms with van der Waals surface area (Å²) >= 11 is 0. The second kappa shape index (κ2) is 1.68. The van der Waals surface area contributed by atoms with Crippen molar-refractivity contribution in [2.75, 3.05) is 0 Å². The minimum atomic E-state index is -0.622. The molecule has 2 N–H and O–H groups in total. The second-order valence-corrected chi connectivity index (χ2v) is 2.77. The van der Waals surface area contributed by atoms with Crippen LogP contribution in [0.2, 0.25) is 0 Å². The zero-order valence-electron chi connectivity index (χ0n) is 5.03. The van der Waals surface area contributed by atoms with Gasteiger partial charge in [-0.1, -0.05) is 0 Å². The first-order valence-corrected chi connectivity index (χ1v) is 3.30. The highest BCUT2D eigenvalue weighted by Crippen LogP contribution is 2.34. The molecular formula is C6H10O3. The number of hydrogen-bond acceptors (Lipinski definition) is 3. The summed E-state index contributed by atoms with van der Waals surface area (Å²) in [6.07, 6.45) is 0.411. The van der Waals surface area contributed by atoms with Crippen LogP contribution >= 0.6 is 0 Å². The van der Waals surface area contributed by atoms with Crippen LogP contribution in [-0.2, 0) is 4.74 Å². The standard InChI is InChI=1S/C6H10O3/c7-5-3-1-2-4(9-3)6(5)8/h3-8H,1-2H2/t3-,4+,5-,6+. The van der Waals surface area contributed by atoms with Crippen molar-refractivity contribution in [3.05, 3.63) is 0 Å². The predicted octanol–water partition coefficient (Wildman–Crippen LogP) is -0.731. The van der Waals surface area contributed by atoms with Gasteiger partial charge in [0.1, 0.15) is 12.2 Å². The first-order valence-electron chi connectivity index (χ1n) is 3.30. The van der Waals surface area contributed by atoms with Gasteiger partial charge in [0.15, 0.2) is 0 Å². The zero-order valence-corrected chi connectivity index (χ0v) is 5.03. The third kappa shape index (κ3) is 0.625. The summed E-state index contributed by atoms with van der Waals surface area (Å²) in [4.78, 5) is 0. The highest BCUT2D eigenvalue weighted by molar-refractivity contribution is 4.96. The largest absolute Gasteiger partial charge is 0.388 e. The van der Waals surface area contributed by atoms with E-state index in [-0.39, 0.29) is 12.2 Å². The molecule has 0 aliphatic carbocycles. The maximum absolute atomic E-state index is 9.11. The van der Waals surface area contributed by atoms with Crippen LogP contribution < -0.4 is 0 Å². The third-order valence-electron chi connectivity index (χ3n) is 2.20. The van der Waals surface area contributed by atoms with Gasteiger partial charge in [-0.15, -0.1) is 0 Å². The first kappa shape index (κ1) is 5.65. The molecule has 0 radical (unpaired) electrons. The summed E-state index contributed by atoms with van der Waals surface area (Å²) in [5.41, 5.74) is 0. The van der Waals surface area contributed by atoms with Crippen LogP contribution in [0.1, 0.15) is 12.8 Å². The van der Waals surface area contributed by atoms with Crippen LogP contribution in [0.5, 0.6) is 0 Å². The molecular weight excluding hydrogens is 120 g/mol. The molecule has 2 aliphatic rings. The lowest BCUT2D eigenvalue weighted by Gasteiger charge is -2.17. The van der Waals surface area contributed by atoms with Gasteiger partial charge >= 0.3 is 0 Å². The Morgan fingerprint density at radius 1 is 1.00 bits per heavy atom. The number of ether oxygens (including phenoxy) is 1. The van der Waals surface area contributed by atoms with E-state index in [1.54, 1.807) is 0 Å². The molecule has 0 aromatic carbocycles. The summed E-state index contributed by atoms with van der Waals surface area (Å²) in [5, 5.41) is 18.2. The lowest BCUT2D eigenvalue weighted by atomic mass is 9.95. The molecule has 0 unspecified atom stereocenters. The van der Waals surface area contributed by atoms with Gasteiger partial charge in [0, 0.05) is 0 Å². The molecule has 0 aromatic rings. The zero-order chi connectivity index (χ0) is 6.43. The topological polar surface area (TPSA) is 49.7 Å². The van der Waals surface area contributed by atoms with Crippen LogP contribution in [0.3, 0.4) is 0 Å². The fraction of sp³-hybridized carbons (Fsp3) is 1.00. The van der Waals surface area contributed by atoms with E-state index >= 15 is 0 Å². The van der Waals surface area contributed by atoms with Gasteiger partial charge in [-0.25, -0.2) is 0 Å². The maximum atomic E-state index is 9.11. The Hall–Kier alpha value is -0.120. The quantitative estimate of drug-likeness (QED) is 0.454. The van der Waals surface area contributed by atoms with Crippen LogP contribution in [0.25, 0.3) is 0 Å². The summed E-state index contributed by atoms with van der Waals surface area (Å²) in [6, 6.07) is 0. The molecule has 0 saturated carbocycles. The van der Waals surface area contributed by atoms with Crippen LogP contribution in [-0.4, -0.2) is 34.6 Å². The Morgan fingerprint density at radius 2 is 1.44 bits per heavy atom. The molecule has 2 saturated heterocycles. The van der Waals surface area contributed by atoms with E-state index in [2.05, 4.69) is 0 Å². The lowest BCUT2D eigenvalue weighted by Crippen LogP contribution is -2.36. The smallest absolute Gasteiger partial charge is 0.109 e. The average Bonchev–Trinajstić information content (AvgIpc) is 2.37. The van der Waals surface area contributed by atoms with Gasteiger partial charge < -0.3 is 14.9 Å². The molecule has 3 nitrogen and oxygen atoms in total. The van der Waals surface area contributed by atoms with Crippen LogP contribution in [0.4, 0.5) is 0 Å². The fourth-order valence-corrected chi connectivity index (χ4v) is 1.63. The summed E-state index contributed by atoms with van der Waals surface area (Å²) in [6.45, 7) is 0. The SMILES string of the molecule is O[C@@H]1[C@H](O)[C@H]2CC[C@@H]1O2. The van der Waals surface area contributed by atoms with Gasteiger partial charge in [0.2, 0.25) is 0 Å². The molecule has 52 valence electrons. The molecule has 3 heteroatoms. The Morgan fingerprint density at radius 3 is 1.67 bits per heavy atom. The highest BCUT2D eigenvalue weighted by atomic mass is 16.5. The van der Waals surface area contributed by atoms with Crippen molar-refractivity contribution in [1.29, 1.82) is 0 Å². The van der Waals surface area contributed by atoms with Crippen molar-refractivity contribution in [2.45, 2.75) is 37.3 Å². The van der Waals surface area contributed by atoms with Crippen molar-refractivity contribution in [1.82, 2.24) is 0 Å². The summed E-state index contributed by atoms with van der Waals surface area (Å²) in [5.74, 6) is 0. The summed E-state index contributed by atoms with van der Waals surface area (Å²) < 4.78 is 5.20. The van der Waals surface area contributed by atoms with Crippen molar-refractivity contribution in [2.24, 2.45) is 0 Å². The van der Waals surface area contributed by atoms with Crippen LogP contribution in [0, 0.1) is 0 Å². The fourth-order valence-electron chi connectivity index (χ4n) is 1.63. The Balaban J connectivity index is 2.15. The van der Waals surface area contributed by atoms with E-state index in [4.69, 9.17) is 14.9 Å². The van der Waals surface area contributed by atoms with Crippen LogP contribution in [0.15, 0.2) is 0 Å². The van der Waals surface area contributed by atoms with E-state index in [9.17, 15) is 0 Å². The number of aliphatic hydroxyl groups is 2. The minimum absolute atomic E-state index is 0.0787. The van der Waals surface area contributed by atoms with Crippen molar-refractivity contribution in [3.63, 3.8) is 0 Å². The van der Waals surface area contributed by atoms with E-state index in [0.717, 1.165) is 12.8 Å². The monoisotopic (exact) mass is 130 g/mol. The number of fused-ring (bicyclic) bond motifs is 2. The van der Waals surface area contributed by atoms with E-state index < -0.39 is 12.2 Å². The number of hydrogen-bond donors (Lipinski definition) is 2. The first-order chi connectivity index (χ1) is 4.29. The van der Waals surface area contributed by atoms with Crippen molar-refractivity contribution < 1.29 is 14.9 Å². The molecule has 2 aliphatic heterocycles. The molecule has 0 spiro atoms. The molecule has 2 fully saturated rings. The third-order valence-corrected chi connectivity index (χ3v) is 2.20. The summed E-state index contributed by atoms with van der Waals surface area (Å²) in [7, 11) is 0. The average molecular weight is 130 g/mol. The molecule has 2 rings (SSSR count). The van der Waals surface area contributed by atoms with Crippen molar-refractivity contribution >= 4 is 0 Å². The van der Waals surface area contributed by atoms with Gasteiger partial charge in [-0.2, -0.15) is 0 Å². The van der Waals surface area contributed by atoms with Gasteiger partial charge in [0.05, 0.1) is 12.2 Å². The molecule has 0 aromatic heterocycles. The molecule has 4 atom stereocenters.